The summed E-state index contributed by atoms with van der Waals surface area (Å²) >= 11 is 5.84. The first kappa shape index (κ1) is 12.7. The summed E-state index contributed by atoms with van der Waals surface area (Å²) in [5.74, 6) is 0. The number of nitrogens with one attached hydrogen (secondary N) is 1. The first-order chi connectivity index (χ1) is 7.73. The van der Waals surface area contributed by atoms with Crippen molar-refractivity contribution in [1.82, 2.24) is 4.72 Å². The van der Waals surface area contributed by atoms with Crippen LogP contribution in [0.4, 0.5) is 5.69 Å². The van der Waals surface area contributed by atoms with E-state index in [0.717, 1.165) is 12.8 Å². The first-order valence-electron chi connectivity index (χ1n) is 5.33. The van der Waals surface area contributed by atoms with Crippen LogP contribution in [0.2, 0.25) is 5.02 Å². The molecule has 1 aromatic rings. The highest BCUT2D eigenvalue weighted by Gasteiger charge is 2.41. The van der Waals surface area contributed by atoms with E-state index >= 15 is 0 Å². The third-order valence-electron chi connectivity index (χ3n) is 3.04. The average Bonchev–Trinajstić information content (AvgIpc) is 2.88. The topological polar surface area (TPSA) is 72.2 Å². The number of hydrogen-bond donors (Lipinski definition) is 2. The van der Waals surface area contributed by atoms with Gasteiger partial charge in [-0.3, -0.25) is 0 Å². The second-order valence-corrected chi connectivity index (χ2v) is 6.87. The number of halogens is 1. The van der Waals surface area contributed by atoms with Crippen LogP contribution in [0.5, 0.6) is 0 Å². The van der Waals surface area contributed by atoms with E-state index in [1.165, 1.54) is 6.07 Å². The van der Waals surface area contributed by atoms with Crippen molar-refractivity contribution >= 4 is 27.3 Å². The lowest BCUT2D eigenvalue weighted by Crippen LogP contribution is -2.34. The van der Waals surface area contributed by atoms with Gasteiger partial charge in [0.2, 0.25) is 10.0 Å². The maximum atomic E-state index is 12.2. The van der Waals surface area contributed by atoms with Crippen molar-refractivity contribution in [2.24, 2.45) is 0 Å². The van der Waals surface area contributed by atoms with Crippen LogP contribution in [0.25, 0.3) is 0 Å². The normalized spacial score (nSPS) is 18.1. The number of hydrogen-bond acceptors (Lipinski definition) is 3. The van der Waals surface area contributed by atoms with E-state index in [4.69, 9.17) is 17.3 Å². The van der Waals surface area contributed by atoms with Crippen molar-refractivity contribution in [3.8, 4) is 0 Å². The second-order valence-electron chi connectivity index (χ2n) is 4.78. The van der Waals surface area contributed by atoms with E-state index in [2.05, 4.69) is 4.72 Å². The van der Waals surface area contributed by atoms with Gasteiger partial charge in [-0.2, -0.15) is 0 Å². The molecule has 1 aliphatic rings. The predicted molar refractivity (Wildman–Crippen MR) is 68.6 cm³/mol. The third kappa shape index (κ3) is 2.56. The minimum absolute atomic E-state index is 0.163. The van der Waals surface area contributed by atoms with E-state index in [0.29, 0.717) is 16.3 Å². The van der Waals surface area contributed by atoms with Gasteiger partial charge >= 0.3 is 0 Å². The minimum atomic E-state index is -3.55. The maximum Gasteiger partial charge on any atom is 0.241 e. The predicted octanol–water partition coefficient (Wildman–Crippen LogP) is 2.06. The van der Waals surface area contributed by atoms with Gasteiger partial charge < -0.3 is 5.73 Å². The number of rotatable bonds is 3. The molecule has 0 saturated heterocycles. The van der Waals surface area contributed by atoms with E-state index in [1.807, 2.05) is 6.92 Å². The van der Waals surface area contributed by atoms with E-state index < -0.39 is 10.0 Å². The number of nitrogens with two attached hydrogens (primary N) is 1. The molecule has 17 heavy (non-hydrogen) atoms. The number of anilines is 1. The van der Waals surface area contributed by atoms with Crippen LogP contribution in [-0.4, -0.2) is 14.0 Å². The maximum absolute atomic E-state index is 12.2. The summed E-state index contributed by atoms with van der Waals surface area (Å²) in [5.41, 5.74) is 6.34. The monoisotopic (exact) mass is 274 g/mol. The van der Waals surface area contributed by atoms with Gasteiger partial charge in [0, 0.05) is 16.2 Å². The molecule has 0 heterocycles. The number of benzene rings is 1. The van der Waals surface area contributed by atoms with Gasteiger partial charge in [0.05, 0.1) is 4.90 Å². The van der Waals surface area contributed by atoms with Gasteiger partial charge in [-0.05, 0) is 44.4 Å². The summed E-state index contributed by atoms with van der Waals surface area (Å²) < 4.78 is 27.1. The molecule has 0 spiro atoms. The Kier molecular flexibility index (Phi) is 2.88. The molecule has 0 amide bonds. The molecule has 0 aliphatic heterocycles. The fourth-order valence-electron chi connectivity index (χ4n) is 1.62. The van der Waals surface area contributed by atoms with Gasteiger partial charge in [-0.25, -0.2) is 13.1 Å². The van der Waals surface area contributed by atoms with Crippen molar-refractivity contribution in [1.29, 1.82) is 0 Å². The highest BCUT2D eigenvalue weighted by atomic mass is 35.5. The SMILES string of the molecule is Cc1c(N)cc(Cl)cc1S(=O)(=O)NC1(C)CC1. The summed E-state index contributed by atoms with van der Waals surface area (Å²) in [6.07, 6.45) is 1.72. The summed E-state index contributed by atoms with van der Waals surface area (Å²) in [6.45, 7) is 3.56. The quantitative estimate of drug-likeness (QED) is 0.829. The smallest absolute Gasteiger partial charge is 0.241 e. The number of sulfonamides is 1. The van der Waals surface area contributed by atoms with Gasteiger partial charge in [-0.15, -0.1) is 0 Å². The number of nitrogen functional groups attached to an aromatic ring is 1. The van der Waals surface area contributed by atoms with Gasteiger partial charge in [0.15, 0.2) is 0 Å². The zero-order chi connectivity index (χ0) is 12.8. The first-order valence-corrected chi connectivity index (χ1v) is 7.19. The lowest BCUT2D eigenvalue weighted by atomic mass is 10.2. The molecule has 1 aromatic carbocycles. The zero-order valence-electron chi connectivity index (χ0n) is 9.75. The van der Waals surface area contributed by atoms with Gasteiger partial charge in [0.1, 0.15) is 0 Å². The second kappa shape index (κ2) is 3.86. The highest BCUT2D eigenvalue weighted by Crippen LogP contribution is 2.37. The van der Waals surface area contributed by atoms with Crippen molar-refractivity contribution in [3.63, 3.8) is 0 Å². The largest absolute Gasteiger partial charge is 0.398 e. The molecular formula is C11H15ClN2O2S. The minimum Gasteiger partial charge on any atom is -0.398 e. The lowest BCUT2D eigenvalue weighted by molar-refractivity contribution is 0.557. The molecular weight excluding hydrogens is 260 g/mol. The molecule has 0 aromatic heterocycles. The lowest BCUT2D eigenvalue weighted by Gasteiger charge is -2.15. The Hall–Kier alpha value is -0.780. The molecule has 3 N–H and O–H groups in total. The van der Waals surface area contributed by atoms with E-state index in [9.17, 15) is 8.42 Å². The Balaban J connectivity index is 2.45. The van der Waals surface area contributed by atoms with Crippen molar-refractivity contribution < 1.29 is 8.42 Å². The molecule has 0 radical (unpaired) electrons. The molecule has 0 atom stereocenters. The Morgan fingerprint density at radius 3 is 2.53 bits per heavy atom. The third-order valence-corrected chi connectivity index (χ3v) is 5.02. The van der Waals surface area contributed by atoms with Crippen molar-refractivity contribution in [2.45, 2.75) is 37.1 Å². The molecule has 0 unspecified atom stereocenters. The van der Waals surface area contributed by atoms with E-state index in [-0.39, 0.29) is 10.4 Å². The van der Waals surface area contributed by atoms with Gasteiger partial charge in [0.25, 0.3) is 0 Å². The van der Waals surface area contributed by atoms with Crippen molar-refractivity contribution in [2.75, 3.05) is 5.73 Å². The summed E-state index contributed by atoms with van der Waals surface area (Å²) in [6, 6.07) is 2.98. The Morgan fingerprint density at radius 2 is 2.00 bits per heavy atom. The molecule has 94 valence electrons. The highest BCUT2D eigenvalue weighted by molar-refractivity contribution is 7.89. The molecule has 1 fully saturated rings. The standard InChI is InChI=1S/C11H15ClN2O2S/c1-7-9(13)5-8(12)6-10(7)17(15,16)14-11(2)3-4-11/h5-6,14H,3-4,13H2,1-2H3. The van der Waals surface area contributed by atoms with Crippen LogP contribution in [0.1, 0.15) is 25.3 Å². The van der Waals surface area contributed by atoms with Crippen LogP contribution in [0.15, 0.2) is 17.0 Å². The molecule has 1 aliphatic carbocycles. The van der Waals surface area contributed by atoms with Crippen LogP contribution in [0.3, 0.4) is 0 Å². The van der Waals surface area contributed by atoms with Crippen LogP contribution in [-0.2, 0) is 10.0 Å². The fraction of sp³-hybridized carbons (Fsp3) is 0.455. The Labute approximate surface area is 106 Å². The van der Waals surface area contributed by atoms with Crippen LogP contribution in [0, 0.1) is 6.92 Å². The molecule has 0 bridgehead atoms. The average molecular weight is 275 g/mol. The Morgan fingerprint density at radius 1 is 1.41 bits per heavy atom. The zero-order valence-corrected chi connectivity index (χ0v) is 11.3. The summed E-state index contributed by atoms with van der Waals surface area (Å²) in [5, 5.41) is 0.328. The van der Waals surface area contributed by atoms with Gasteiger partial charge in [-0.1, -0.05) is 11.6 Å². The summed E-state index contributed by atoms with van der Waals surface area (Å²) in [7, 11) is -3.55. The van der Waals surface area contributed by atoms with Crippen LogP contribution < -0.4 is 10.5 Å². The van der Waals surface area contributed by atoms with E-state index in [1.54, 1.807) is 13.0 Å². The molecule has 1 saturated carbocycles. The summed E-state index contributed by atoms with van der Waals surface area (Å²) in [4.78, 5) is 0.163. The van der Waals surface area contributed by atoms with Crippen molar-refractivity contribution in [3.05, 3.63) is 22.7 Å². The van der Waals surface area contributed by atoms with Crippen LogP contribution >= 0.6 is 11.6 Å². The molecule has 6 heteroatoms. The molecule has 4 nitrogen and oxygen atoms in total. The Bertz CT molecular complexity index is 565. The molecule has 2 rings (SSSR count). The fourth-order valence-corrected chi connectivity index (χ4v) is 3.68.